The largest absolute Gasteiger partial charge is 0.395 e. The third-order valence-electron chi connectivity index (χ3n) is 3.86. The zero-order valence-corrected chi connectivity index (χ0v) is 13.5. The van der Waals surface area contributed by atoms with Crippen LogP contribution in [-0.2, 0) is 0 Å². The molecule has 0 spiro atoms. The molecule has 0 aromatic carbocycles. The standard InChI is InChI=1S/C14H24N4O2S/c1-10(15)13-16-12(9-21-13)14(20)18(7-8-19)11-3-5-17(2)6-4-11/h9-11,19H,3-8,15H2,1-2H3. The monoisotopic (exact) mass is 312 g/mol. The molecule has 1 fully saturated rings. The number of piperidine rings is 1. The molecule has 7 heteroatoms. The fraction of sp³-hybridized carbons (Fsp3) is 0.714. The van der Waals surface area contributed by atoms with Gasteiger partial charge in [0.15, 0.2) is 0 Å². The second kappa shape index (κ2) is 7.31. The average Bonchev–Trinajstić information content (AvgIpc) is 2.95. The first-order valence-corrected chi connectivity index (χ1v) is 8.22. The van der Waals surface area contributed by atoms with Crippen molar-refractivity contribution in [1.29, 1.82) is 0 Å². The highest BCUT2D eigenvalue weighted by molar-refractivity contribution is 7.09. The summed E-state index contributed by atoms with van der Waals surface area (Å²) >= 11 is 1.41. The van der Waals surface area contributed by atoms with Crippen LogP contribution < -0.4 is 5.73 Å². The molecule has 0 bridgehead atoms. The fourth-order valence-electron chi connectivity index (χ4n) is 2.61. The van der Waals surface area contributed by atoms with Crippen molar-refractivity contribution in [2.24, 2.45) is 5.73 Å². The van der Waals surface area contributed by atoms with Crippen molar-refractivity contribution in [3.05, 3.63) is 16.1 Å². The smallest absolute Gasteiger partial charge is 0.273 e. The maximum atomic E-state index is 12.7. The molecule has 1 amide bonds. The number of amides is 1. The molecule has 2 rings (SSSR count). The molecule has 3 N–H and O–H groups in total. The van der Waals surface area contributed by atoms with Crippen LogP contribution in [0.1, 0.15) is 41.3 Å². The van der Waals surface area contributed by atoms with Gasteiger partial charge in [-0.3, -0.25) is 4.79 Å². The fourth-order valence-corrected chi connectivity index (χ4v) is 3.36. The Labute approximate surface area is 129 Å². The van der Waals surface area contributed by atoms with E-state index in [0.29, 0.717) is 12.2 Å². The molecule has 118 valence electrons. The van der Waals surface area contributed by atoms with Crippen molar-refractivity contribution in [1.82, 2.24) is 14.8 Å². The molecule has 6 nitrogen and oxygen atoms in total. The van der Waals surface area contributed by atoms with Crippen molar-refractivity contribution in [3.8, 4) is 0 Å². The molecule has 1 saturated heterocycles. The lowest BCUT2D eigenvalue weighted by atomic mass is 10.0. The number of hydrogen-bond donors (Lipinski definition) is 2. The van der Waals surface area contributed by atoms with E-state index in [1.807, 2.05) is 6.92 Å². The summed E-state index contributed by atoms with van der Waals surface area (Å²) in [4.78, 5) is 21.0. The lowest BCUT2D eigenvalue weighted by Gasteiger charge is -2.36. The third kappa shape index (κ3) is 4.00. The van der Waals surface area contributed by atoms with Gasteiger partial charge in [0.25, 0.3) is 5.91 Å². The molecule has 2 heterocycles. The topological polar surface area (TPSA) is 82.7 Å². The van der Waals surface area contributed by atoms with Crippen LogP contribution in [0.5, 0.6) is 0 Å². The van der Waals surface area contributed by atoms with Crippen molar-refractivity contribution >= 4 is 17.2 Å². The number of rotatable bonds is 5. The molecule has 1 unspecified atom stereocenters. The van der Waals surface area contributed by atoms with Gasteiger partial charge < -0.3 is 20.6 Å². The lowest BCUT2D eigenvalue weighted by molar-refractivity contribution is 0.0535. The maximum Gasteiger partial charge on any atom is 0.273 e. The molecule has 1 aliphatic rings. The Kier molecular flexibility index (Phi) is 5.69. The Morgan fingerprint density at radius 3 is 2.81 bits per heavy atom. The molecular weight excluding hydrogens is 288 g/mol. The van der Waals surface area contributed by atoms with Crippen LogP contribution in [0, 0.1) is 0 Å². The number of thiazole rings is 1. The van der Waals surface area contributed by atoms with Crippen LogP contribution in [0.2, 0.25) is 0 Å². The van der Waals surface area contributed by atoms with Gasteiger partial charge in [-0.05, 0) is 39.9 Å². The van der Waals surface area contributed by atoms with E-state index in [0.717, 1.165) is 30.9 Å². The zero-order chi connectivity index (χ0) is 15.4. The Bertz CT molecular complexity index is 469. The van der Waals surface area contributed by atoms with Gasteiger partial charge in [-0.2, -0.15) is 0 Å². The van der Waals surface area contributed by atoms with Crippen LogP contribution in [0.25, 0.3) is 0 Å². The van der Waals surface area contributed by atoms with Gasteiger partial charge in [0.1, 0.15) is 10.7 Å². The zero-order valence-electron chi connectivity index (χ0n) is 12.7. The number of carbonyl (C=O) groups is 1. The minimum Gasteiger partial charge on any atom is -0.395 e. The van der Waals surface area contributed by atoms with Gasteiger partial charge in [-0.15, -0.1) is 11.3 Å². The van der Waals surface area contributed by atoms with Crippen LogP contribution >= 0.6 is 11.3 Å². The number of nitrogens with zero attached hydrogens (tertiary/aromatic N) is 3. The summed E-state index contributed by atoms with van der Waals surface area (Å²) in [6.07, 6.45) is 1.87. The van der Waals surface area contributed by atoms with Crippen molar-refractivity contribution in [3.63, 3.8) is 0 Å². The first-order valence-electron chi connectivity index (χ1n) is 7.34. The minimum atomic E-state index is -0.161. The van der Waals surface area contributed by atoms with E-state index in [-0.39, 0.29) is 24.6 Å². The van der Waals surface area contributed by atoms with Crippen molar-refractivity contribution in [2.45, 2.75) is 31.8 Å². The number of likely N-dealkylation sites (tertiary alicyclic amines) is 1. The molecular formula is C14H24N4O2S. The average molecular weight is 312 g/mol. The second-order valence-corrected chi connectivity index (χ2v) is 6.51. The van der Waals surface area contributed by atoms with E-state index in [2.05, 4.69) is 16.9 Å². The van der Waals surface area contributed by atoms with E-state index in [4.69, 9.17) is 5.73 Å². The number of carbonyl (C=O) groups excluding carboxylic acids is 1. The summed E-state index contributed by atoms with van der Waals surface area (Å²) in [5, 5.41) is 11.8. The summed E-state index contributed by atoms with van der Waals surface area (Å²) in [5.41, 5.74) is 6.24. The molecule has 21 heavy (non-hydrogen) atoms. The molecule has 0 saturated carbocycles. The van der Waals surface area contributed by atoms with Gasteiger partial charge in [-0.25, -0.2) is 4.98 Å². The Morgan fingerprint density at radius 1 is 1.62 bits per heavy atom. The SMILES string of the molecule is CC(N)c1nc(C(=O)N(CCO)C2CCN(C)CC2)cs1. The normalized spacial score (nSPS) is 18.7. The van der Waals surface area contributed by atoms with Gasteiger partial charge in [0.05, 0.1) is 12.6 Å². The highest BCUT2D eigenvalue weighted by atomic mass is 32.1. The number of aliphatic hydroxyl groups excluding tert-OH is 1. The predicted molar refractivity (Wildman–Crippen MR) is 83.4 cm³/mol. The van der Waals surface area contributed by atoms with Crippen LogP contribution in [0.3, 0.4) is 0 Å². The van der Waals surface area contributed by atoms with E-state index in [1.165, 1.54) is 11.3 Å². The number of hydrogen-bond acceptors (Lipinski definition) is 6. The van der Waals surface area contributed by atoms with Crippen molar-refractivity contribution in [2.75, 3.05) is 33.3 Å². The lowest BCUT2D eigenvalue weighted by Crippen LogP contribution is -2.47. The van der Waals surface area contributed by atoms with Crippen LogP contribution in [0.4, 0.5) is 0 Å². The second-order valence-electron chi connectivity index (χ2n) is 5.62. The molecule has 1 aromatic heterocycles. The van der Waals surface area contributed by atoms with E-state index < -0.39 is 0 Å². The van der Waals surface area contributed by atoms with E-state index in [9.17, 15) is 9.90 Å². The Hall–Kier alpha value is -1.02. The first kappa shape index (κ1) is 16.4. The minimum absolute atomic E-state index is 0.0254. The number of aliphatic hydroxyl groups is 1. The highest BCUT2D eigenvalue weighted by Crippen LogP contribution is 2.21. The molecule has 1 aromatic rings. The maximum absolute atomic E-state index is 12.7. The summed E-state index contributed by atoms with van der Waals surface area (Å²) in [6.45, 7) is 4.14. The molecule has 0 aliphatic carbocycles. The molecule has 1 aliphatic heterocycles. The Morgan fingerprint density at radius 2 is 2.29 bits per heavy atom. The summed E-state index contributed by atoms with van der Waals surface area (Å²) < 4.78 is 0. The van der Waals surface area contributed by atoms with Crippen molar-refractivity contribution < 1.29 is 9.90 Å². The third-order valence-corrected chi connectivity index (χ3v) is 4.91. The highest BCUT2D eigenvalue weighted by Gasteiger charge is 2.28. The van der Waals surface area contributed by atoms with E-state index >= 15 is 0 Å². The van der Waals surface area contributed by atoms with Gasteiger partial charge in [0.2, 0.25) is 0 Å². The van der Waals surface area contributed by atoms with Gasteiger partial charge in [-0.1, -0.05) is 0 Å². The first-order chi connectivity index (χ1) is 10.0. The van der Waals surface area contributed by atoms with E-state index in [1.54, 1.807) is 10.3 Å². The summed E-state index contributed by atoms with van der Waals surface area (Å²) in [5.74, 6) is -0.0956. The summed E-state index contributed by atoms with van der Waals surface area (Å²) in [7, 11) is 2.09. The van der Waals surface area contributed by atoms with Gasteiger partial charge >= 0.3 is 0 Å². The summed E-state index contributed by atoms with van der Waals surface area (Å²) in [6, 6.07) is 0.0208. The molecule has 0 radical (unpaired) electrons. The number of aromatic nitrogens is 1. The number of nitrogens with two attached hydrogens (primary N) is 1. The van der Waals surface area contributed by atoms with Crippen LogP contribution in [0.15, 0.2) is 5.38 Å². The van der Waals surface area contributed by atoms with Gasteiger partial charge in [0, 0.05) is 18.0 Å². The quantitative estimate of drug-likeness (QED) is 0.836. The predicted octanol–water partition coefficient (Wildman–Crippen LogP) is 0.692. The Balaban J connectivity index is 2.10. The van der Waals surface area contributed by atoms with Crippen LogP contribution in [-0.4, -0.2) is 65.1 Å². The molecule has 1 atom stereocenters.